The van der Waals surface area contributed by atoms with E-state index in [0.29, 0.717) is 12.0 Å². The van der Waals surface area contributed by atoms with E-state index < -0.39 is 0 Å². The quantitative estimate of drug-likeness (QED) is 0.559. The van der Waals surface area contributed by atoms with E-state index in [9.17, 15) is 0 Å². The number of nitrogens with zero attached hydrogens (tertiary/aromatic N) is 4. The number of hydrogen-bond donors (Lipinski definition) is 2. The molecule has 0 aliphatic carbocycles. The number of nitrogens with one attached hydrogen (secondary N) is 2. The molecule has 3 rings (SSSR count). The Morgan fingerprint density at radius 3 is 2.88 bits per heavy atom. The van der Waals surface area contributed by atoms with Gasteiger partial charge in [-0.2, -0.15) is 5.10 Å². The Bertz CT molecular complexity index is 697. The van der Waals surface area contributed by atoms with Crippen molar-refractivity contribution in [3.8, 4) is 0 Å². The molecular formula is C19H27BrN6. The van der Waals surface area contributed by atoms with E-state index >= 15 is 0 Å². The van der Waals surface area contributed by atoms with E-state index in [1.165, 1.54) is 5.69 Å². The number of halogens is 1. The molecule has 1 saturated heterocycles. The summed E-state index contributed by atoms with van der Waals surface area (Å²) < 4.78 is 3.08. The van der Waals surface area contributed by atoms with E-state index in [1.807, 2.05) is 30.2 Å². The van der Waals surface area contributed by atoms with Crippen LogP contribution in [0.2, 0.25) is 0 Å². The van der Waals surface area contributed by atoms with Crippen molar-refractivity contribution in [3.05, 3.63) is 47.2 Å². The topological polar surface area (TPSA) is 57.5 Å². The van der Waals surface area contributed by atoms with Gasteiger partial charge < -0.3 is 15.5 Å². The first-order valence-corrected chi connectivity index (χ1v) is 9.88. The molecule has 0 spiro atoms. The second-order valence-electron chi connectivity index (χ2n) is 6.84. The Morgan fingerprint density at radius 2 is 2.19 bits per heavy atom. The number of aromatic nitrogens is 2. The van der Waals surface area contributed by atoms with Crippen LogP contribution in [-0.4, -0.2) is 48.5 Å². The van der Waals surface area contributed by atoms with Crippen LogP contribution in [0.1, 0.15) is 13.3 Å². The molecule has 7 heteroatoms. The standard InChI is InChI=1S/C19H27BrN6/c1-15(13-26-10-3-9-23-26)12-22-19(21-2)24-17-8-11-25(14-17)18-6-4-16(20)5-7-18/h3-7,9-10,15,17H,8,11-14H2,1-2H3,(H2,21,22,24). The lowest BCUT2D eigenvalue weighted by molar-refractivity contribution is 0.442. The van der Waals surface area contributed by atoms with Crippen molar-refractivity contribution < 1.29 is 0 Å². The van der Waals surface area contributed by atoms with Gasteiger partial charge in [0.2, 0.25) is 0 Å². The fraction of sp³-hybridized carbons (Fsp3) is 0.474. The minimum absolute atomic E-state index is 0.409. The van der Waals surface area contributed by atoms with Gasteiger partial charge in [0.15, 0.2) is 5.96 Å². The van der Waals surface area contributed by atoms with Crippen LogP contribution in [-0.2, 0) is 6.54 Å². The summed E-state index contributed by atoms with van der Waals surface area (Å²) in [6, 6.07) is 10.9. The summed E-state index contributed by atoms with van der Waals surface area (Å²) in [5.74, 6) is 1.34. The molecule has 2 atom stereocenters. The fourth-order valence-corrected chi connectivity index (χ4v) is 3.48. The van der Waals surface area contributed by atoms with Gasteiger partial charge >= 0.3 is 0 Å². The summed E-state index contributed by atoms with van der Waals surface area (Å²) in [6.45, 7) is 6.03. The molecule has 140 valence electrons. The first-order valence-electron chi connectivity index (χ1n) is 9.09. The van der Waals surface area contributed by atoms with Crippen molar-refractivity contribution in [2.45, 2.75) is 25.9 Å². The summed E-state index contributed by atoms with van der Waals surface area (Å²) in [6.07, 6.45) is 4.93. The average molecular weight is 419 g/mol. The minimum atomic E-state index is 0.409. The Morgan fingerprint density at radius 1 is 1.38 bits per heavy atom. The van der Waals surface area contributed by atoms with Gasteiger partial charge in [-0.25, -0.2) is 0 Å². The third-order valence-corrected chi connectivity index (χ3v) is 5.15. The third kappa shape index (κ3) is 5.24. The van der Waals surface area contributed by atoms with E-state index in [1.54, 1.807) is 0 Å². The maximum Gasteiger partial charge on any atom is 0.191 e. The van der Waals surface area contributed by atoms with Crippen molar-refractivity contribution >= 4 is 27.6 Å². The third-order valence-electron chi connectivity index (χ3n) is 4.62. The van der Waals surface area contributed by atoms with Crippen molar-refractivity contribution in [1.82, 2.24) is 20.4 Å². The molecule has 1 aliphatic rings. The van der Waals surface area contributed by atoms with Crippen LogP contribution in [0.3, 0.4) is 0 Å². The largest absolute Gasteiger partial charge is 0.369 e. The van der Waals surface area contributed by atoms with Crippen molar-refractivity contribution in [2.75, 3.05) is 31.6 Å². The zero-order valence-corrected chi connectivity index (χ0v) is 17.0. The summed E-state index contributed by atoms with van der Waals surface area (Å²) in [5, 5.41) is 11.3. The second-order valence-corrected chi connectivity index (χ2v) is 7.75. The molecule has 2 aromatic rings. The minimum Gasteiger partial charge on any atom is -0.369 e. The SMILES string of the molecule is CN=C(NCC(C)Cn1cccn1)NC1CCN(c2ccc(Br)cc2)C1. The lowest BCUT2D eigenvalue weighted by Crippen LogP contribution is -2.46. The van der Waals surface area contributed by atoms with E-state index in [0.717, 1.165) is 43.0 Å². The summed E-state index contributed by atoms with van der Waals surface area (Å²) in [7, 11) is 1.83. The van der Waals surface area contributed by atoms with Crippen LogP contribution in [0.5, 0.6) is 0 Å². The highest BCUT2D eigenvalue weighted by Gasteiger charge is 2.23. The number of anilines is 1. The molecule has 2 heterocycles. The van der Waals surface area contributed by atoms with Gasteiger partial charge in [0.05, 0.1) is 0 Å². The number of benzene rings is 1. The molecule has 0 amide bonds. The van der Waals surface area contributed by atoms with Crippen molar-refractivity contribution in [1.29, 1.82) is 0 Å². The van der Waals surface area contributed by atoms with Gasteiger partial charge in [0.25, 0.3) is 0 Å². The molecule has 2 unspecified atom stereocenters. The maximum absolute atomic E-state index is 4.38. The molecule has 6 nitrogen and oxygen atoms in total. The number of aliphatic imine (C=N–C) groups is 1. The molecule has 0 radical (unpaired) electrons. The monoisotopic (exact) mass is 418 g/mol. The Balaban J connectivity index is 1.44. The number of rotatable bonds is 6. The molecular weight excluding hydrogens is 392 g/mol. The van der Waals surface area contributed by atoms with Gasteiger partial charge in [-0.15, -0.1) is 0 Å². The fourth-order valence-electron chi connectivity index (χ4n) is 3.22. The Kier molecular flexibility index (Phi) is 6.55. The van der Waals surface area contributed by atoms with E-state index in [2.05, 4.69) is 72.7 Å². The normalized spacial score (nSPS) is 18.8. The van der Waals surface area contributed by atoms with Gasteiger partial charge in [0.1, 0.15) is 0 Å². The van der Waals surface area contributed by atoms with Crippen molar-refractivity contribution in [2.24, 2.45) is 10.9 Å². The maximum atomic E-state index is 4.38. The van der Waals surface area contributed by atoms with Crippen LogP contribution in [0.15, 0.2) is 52.2 Å². The highest BCUT2D eigenvalue weighted by molar-refractivity contribution is 9.10. The molecule has 1 aliphatic heterocycles. The zero-order valence-electron chi connectivity index (χ0n) is 15.4. The highest BCUT2D eigenvalue weighted by Crippen LogP contribution is 2.22. The van der Waals surface area contributed by atoms with E-state index in [-0.39, 0.29) is 0 Å². The first-order chi connectivity index (χ1) is 12.6. The molecule has 1 aromatic carbocycles. The molecule has 0 bridgehead atoms. The van der Waals surface area contributed by atoms with Crippen LogP contribution < -0.4 is 15.5 Å². The number of hydrogen-bond acceptors (Lipinski definition) is 3. The first kappa shape index (κ1) is 18.8. The molecule has 2 N–H and O–H groups in total. The summed E-state index contributed by atoms with van der Waals surface area (Å²) in [4.78, 5) is 6.79. The summed E-state index contributed by atoms with van der Waals surface area (Å²) >= 11 is 3.49. The Hall–Kier alpha value is -2.02. The predicted molar refractivity (Wildman–Crippen MR) is 111 cm³/mol. The van der Waals surface area contributed by atoms with Crippen LogP contribution in [0, 0.1) is 5.92 Å². The highest BCUT2D eigenvalue weighted by atomic mass is 79.9. The average Bonchev–Trinajstić information content (AvgIpc) is 3.31. The lowest BCUT2D eigenvalue weighted by Gasteiger charge is -2.21. The zero-order chi connectivity index (χ0) is 18.4. The van der Waals surface area contributed by atoms with Gasteiger partial charge in [0, 0.05) is 61.8 Å². The van der Waals surface area contributed by atoms with Gasteiger partial charge in [-0.1, -0.05) is 22.9 Å². The summed E-state index contributed by atoms with van der Waals surface area (Å²) in [5.41, 5.74) is 1.27. The molecule has 1 fully saturated rings. The van der Waals surface area contributed by atoms with Crippen LogP contribution >= 0.6 is 15.9 Å². The molecule has 26 heavy (non-hydrogen) atoms. The van der Waals surface area contributed by atoms with Gasteiger partial charge in [-0.05, 0) is 42.7 Å². The van der Waals surface area contributed by atoms with Gasteiger partial charge in [-0.3, -0.25) is 9.67 Å². The molecule has 1 aromatic heterocycles. The number of guanidine groups is 1. The van der Waals surface area contributed by atoms with Crippen LogP contribution in [0.4, 0.5) is 5.69 Å². The predicted octanol–water partition coefficient (Wildman–Crippen LogP) is 2.73. The Labute approximate surface area is 163 Å². The van der Waals surface area contributed by atoms with E-state index in [4.69, 9.17) is 0 Å². The van der Waals surface area contributed by atoms with Crippen molar-refractivity contribution in [3.63, 3.8) is 0 Å². The van der Waals surface area contributed by atoms with Crippen LogP contribution in [0.25, 0.3) is 0 Å². The molecule has 0 saturated carbocycles. The smallest absolute Gasteiger partial charge is 0.191 e. The lowest BCUT2D eigenvalue weighted by atomic mass is 10.2. The second kappa shape index (κ2) is 9.07.